The van der Waals surface area contributed by atoms with Gasteiger partial charge in [0.25, 0.3) is 5.91 Å². The molecule has 0 aliphatic carbocycles. The summed E-state index contributed by atoms with van der Waals surface area (Å²) in [5.74, 6) is 1.31. The van der Waals surface area contributed by atoms with Crippen LogP contribution in [-0.4, -0.2) is 75.6 Å². The van der Waals surface area contributed by atoms with E-state index in [0.29, 0.717) is 42.6 Å². The molecule has 4 heterocycles. The number of hydrogen-bond donors (Lipinski definition) is 1. The highest BCUT2D eigenvalue weighted by Crippen LogP contribution is 2.33. The topological polar surface area (TPSA) is 102 Å². The van der Waals surface area contributed by atoms with Crippen molar-refractivity contribution in [3.8, 4) is 11.5 Å². The molecule has 176 valence electrons. The number of nitrogens with one attached hydrogen (secondary N) is 1. The smallest absolute Gasteiger partial charge is 0.322 e. The lowest BCUT2D eigenvalue weighted by Gasteiger charge is -2.35. The molecule has 10 heteroatoms. The number of aromatic nitrogens is 3. The maximum absolute atomic E-state index is 13.1. The van der Waals surface area contributed by atoms with Gasteiger partial charge in [-0.25, -0.2) is 4.79 Å². The summed E-state index contributed by atoms with van der Waals surface area (Å²) in [6.07, 6.45) is 7.61. The Morgan fingerprint density at radius 1 is 1.03 bits per heavy atom. The number of benzene rings is 1. The molecule has 1 aromatic carbocycles. The molecule has 10 nitrogen and oxygen atoms in total. The van der Waals surface area contributed by atoms with Gasteiger partial charge in [-0.2, -0.15) is 0 Å². The predicted molar refractivity (Wildman–Crippen MR) is 121 cm³/mol. The van der Waals surface area contributed by atoms with Gasteiger partial charge in [0.2, 0.25) is 0 Å². The maximum Gasteiger partial charge on any atom is 0.322 e. The molecular formula is C23H30N6O4. The summed E-state index contributed by atoms with van der Waals surface area (Å²) in [4.78, 5) is 29.3. The standard InChI is InChI=1S/C23H30N6O4/c30-22(27-9-3-4-10-27)19-16-28(26-25-19)12-8-18-5-1-2-11-29(18)23(31)24-17-6-7-20-21(15-17)33-14-13-32-20/h6-7,15-16,18H,1-5,8-14H2,(H,24,31). The van der Waals surface area contributed by atoms with Crippen LogP contribution in [0.5, 0.6) is 11.5 Å². The zero-order valence-corrected chi connectivity index (χ0v) is 18.7. The molecule has 2 fully saturated rings. The van der Waals surface area contributed by atoms with E-state index in [0.717, 1.165) is 58.2 Å². The van der Waals surface area contributed by atoms with Crippen molar-refractivity contribution < 1.29 is 19.1 Å². The lowest BCUT2D eigenvalue weighted by atomic mass is 10.00. The predicted octanol–water partition coefficient (Wildman–Crippen LogP) is 2.76. The van der Waals surface area contributed by atoms with Crippen molar-refractivity contribution in [3.63, 3.8) is 0 Å². The van der Waals surface area contributed by atoms with Crippen LogP contribution in [0.4, 0.5) is 10.5 Å². The largest absolute Gasteiger partial charge is 0.486 e. The average Bonchev–Trinajstić information content (AvgIpc) is 3.55. The Balaban J connectivity index is 1.18. The number of aryl methyl sites for hydroxylation is 1. The van der Waals surface area contributed by atoms with Crippen molar-refractivity contribution >= 4 is 17.6 Å². The van der Waals surface area contributed by atoms with Crippen molar-refractivity contribution in [2.24, 2.45) is 0 Å². The molecule has 3 amide bonds. The highest BCUT2D eigenvalue weighted by atomic mass is 16.6. The SMILES string of the molecule is O=C(c1cn(CCC2CCCCN2C(=O)Nc2ccc3c(c2)OCCO3)nn1)N1CCCC1. The van der Waals surface area contributed by atoms with Gasteiger partial charge in [0.1, 0.15) is 13.2 Å². The van der Waals surface area contributed by atoms with Gasteiger partial charge in [0, 0.05) is 44.0 Å². The molecular weight excluding hydrogens is 424 g/mol. The van der Waals surface area contributed by atoms with E-state index in [1.54, 1.807) is 16.9 Å². The molecule has 3 aliphatic rings. The lowest BCUT2D eigenvalue weighted by Crippen LogP contribution is -2.46. The minimum atomic E-state index is -0.111. The summed E-state index contributed by atoms with van der Waals surface area (Å²) in [5, 5.41) is 11.2. The third-order valence-electron chi connectivity index (χ3n) is 6.52. The van der Waals surface area contributed by atoms with E-state index in [9.17, 15) is 9.59 Å². The molecule has 1 N–H and O–H groups in total. The Morgan fingerprint density at radius 2 is 1.82 bits per heavy atom. The molecule has 2 aromatic rings. The van der Waals surface area contributed by atoms with E-state index in [1.807, 2.05) is 21.9 Å². The molecule has 1 aromatic heterocycles. The fourth-order valence-corrected chi connectivity index (χ4v) is 4.75. The number of carbonyl (C=O) groups is 2. The fourth-order valence-electron chi connectivity index (χ4n) is 4.75. The van der Waals surface area contributed by atoms with Gasteiger partial charge in [-0.05, 0) is 50.7 Å². The minimum absolute atomic E-state index is 0.0446. The van der Waals surface area contributed by atoms with Gasteiger partial charge in [-0.15, -0.1) is 5.10 Å². The first kappa shape index (κ1) is 21.5. The van der Waals surface area contributed by atoms with E-state index in [1.165, 1.54) is 0 Å². The number of ether oxygens (including phenoxy) is 2. The molecule has 0 radical (unpaired) electrons. The van der Waals surface area contributed by atoms with Crippen molar-refractivity contribution in [1.29, 1.82) is 0 Å². The third kappa shape index (κ3) is 4.89. The van der Waals surface area contributed by atoms with Gasteiger partial charge < -0.3 is 24.6 Å². The van der Waals surface area contributed by atoms with Crippen LogP contribution in [-0.2, 0) is 6.54 Å². The van der Waals surface area contributed by atoms with Crippen molar-refractivity contribution in [2.45, 2.75) is 51.1 Å². The minimum Gasteiger partial charge on any atom is -0.486 e. The lowest BCUT2D eigenvalue weighted by molar-refractivity contribution is 0.0787. The van der Waals surface area contributed by atoms with Crippen LogP contribution >= 0.6 is 0 Å². The summed E-state index contributed by atoms with van der Waals surface area (Å²) in [7, 11) is 0. The number of piperidine rings is 1. The van der Waals surface area contributed by atoms with Crippen LogP contribution in [0.2, 0.25) is 0 Å². The van der Waals surface area contributed by atoms with Crippen LogP contribution in [0.3, 0.4) is 0 Å². The molecule has 0 bridgehead atoms. The fraction of sp³-hybridized carbons (Fsp3) is 0.565. The van der Waals surface area contributed by atoms with Crippen molar-refractivity contribution in [2.75, 3.05) is 38.2 Å². The van der Waals surface area contributed by atoms with Crippen LogP contribution in [0, 0.1) is 0 Å². The van der Waals surface area contributed by atoms with Gasteiger partial charge in [0.15, 0.2) is 17.2 Å². The molecule has 5 rings (SSSR count). The summed E-state index contributed by atoms with van der Waals surface area (Å²) >= 11 is 0. The Morgan fingerprint density at radius 3 is 2.67 bits per heavy atom. The number of amides is 3. The zero-order valence-electron chi connectivity index (χ0n) is 18.7. The van der Waals surface area contributed by atoms with E-state index >= 15 is 0 Å². The molecule has 0 saturated carbocycles. The number of carbonyl (C=O) groups excluding carboxylic acids is 2. The molecule has 1 atom stereocenters. The van der Waals surface area contributed by atoms with Crippen LogP contribution in [0.1, 0.15) is 49.0 Å². The second kappa shape index (κ2) is 9.68. The number of likely N-dealkylation sites (tertiary alicyclic amines) is 2. The summed E-state index contributed by atoms with van der Waals surface area (Å²) in [5.41, 5.74) is 1.09. The molecule has 0 spiro atoms. The van der Waals surface area contributed by atoms with Crippen molar-refractivity contribution in [3.05, 3.63) is 30.1 Å². The Bertz CT molecular complexity index is 1000. The normalized spacial score (nSPS) is 20.1. The van der Waals surface area contributed by atoms with E-state index < -0.39 is 0 Å². The number of hydrogen-bond acceptors (Lipinski definition) is 6. The Hall–Kier alpha value is -3.30. The summed E-state index contributed by atoms with van der Waals surface area (Å²) in [6, 6.07) is 5.46. The monoisotopic (exact) mass is 454 g/mol. The molecule has 33 heavy (non-hydrogen) atoms. The number of fused-ring (bicyclic) bond motifs is 1. The average molecular weight is 455 g/mol. The highest BCUT2D eigenvalue weighted by Gasteiger charge is 2.28. The quantitative estimate of drug-likeness (QED) is 0.745. The first-order chi connectivity index (χ1) is 16.2. The molecule has 3 aliphatic heterocycles. The van der Waals surface area contributed by atoms with E-state index in [-0.39, 0.29) is 18.0 Å². The number of nitrogens with zero attached hydrogens (tertiary/aromatic N) is 5. The molecule has 2 saturated heterocycles. The number of anilines is 1. The number of urea groups is 1. The van der Waals surface area contributed by atoms with Crippen LogP contribution < -0.4 is 14.8 Å². The Kier molecular flexibility index (Phi) is 6.32. The van der Waals surface area contributed by atoms with Gasteiger partial charge in [-0.3, -0.25) is 9.48 Å². The van der Waals surface area contributed by atoms with Gasteiger partial charge in [0.05, 0.1) is 6.20 Å². The zero-order chi connectivity index (χ0) is 22.6. The van der Waals surface area contributed by atoms with Crippen LogP contribution in [0.25, 0.3) is 0 Å². The van der Waals surface area contributed by atoms with Gasteiger partial charge in [-0.1, -0.05) is 5.21 Å². The second-order valence-corrected chi connectivity index (χ2v) is 8.79. The maximum atomic E-state index is 13.1. The first-order valence-corrected chi connectivity index (χ1v) is 11.8. The van der Waals surface area contributed by atoms with Gasteiger partial charge >= 0.3 is 6.03 Å². The number of rotatable bonds is 5. The van der Waals surface area contributed by atoms with E-state index in [2.05, 4.69) is 15.6 Å². The first-order valence-electron chi connectivity index (χ1n) is 11.8. The van der Waals surface area contributed by atoms with Crippen molar-refractivity contribution in [1.82, 2.24) is 24.8 Å². The third-order valence-corrected chi connectivity index (χ3v) is 6.52. The van der Waals surface area contributed by atoms with E-state index in [4.69, 9.17) is 9.47 Å². The summed E-state index contributed by atoms with van der Waals surface area (Å²) in [6.45, 7) is 3.96. The molecule has 1 unspecified atom stereocenters. The van der Waals surface area contributed by atoms with Crippen LogP contribution in [0.15, 0.2) is 24.4 Å². The second-order valence-electron chi connectivity index (χ2n) is 8.79. The Labute approximate surface area is 192 Å². The highest BCUT2D eigenvalue weighted by molar-refractivity contribution is 5.92. The summed E-state index contributed by atoms with van der Waals surface area (Å²) < 4.78 is 12.9.